The van der Waals surface area contributed by atoms with Crippen LogP contribution in [0.15, 0.2) is 0 Å². The number of ketones is 1. The molecule has 1 aliphatic rings. The van der Waals surface area contributed by atoms with Crippen molar-refractivity contribution in [2.75, 3.05) is 6.61 Å². The highest BCUT2D eigenvalue weighted by Crippen LogP contribution is 2.10. The van der Waals surface area contributed by atoms with Crippen LogP contribution in [-0.2, 0) is 9.53 Å². The van der Waals surface area contributed by atoms with E-state index >= 15 is 0 Å². The van der Waals surface area contributed by atoms with Crippen LogP contribution >= 0.6 is 0 Å². The first-order chi connectivity index (χ1) is 3.84. The second-order valence-corrected chi connectivity index (χ2v) is 1.98. The molecule has 0 aromatic rings. The molecule has 0 amide bonds. The maximum Gasteiger partial charge on any atom is 0.163 e. The van der Waals surface area contributed by atoms with Gasteiger partial charge in [-0.05, 0) is 6.42 Å². The summed E-state index contributed by atoms with van der Waals surface area (Å²) in [6.45, 7) is 2.60. The molecular formula is C6H10O2. The number of carbonyl (C=O) groups excluding carboxylic acids is 1. The molecule has 2 heteroatoms. The molecule has 0 aromatic carbocycles. The fourth-order valence-corrected chi connectivity index (χ4v) is 0.901. The molecule has 2 nitrogen and oxygen atoms in total. The van der Waals surface area contributed by atoms with E-state index in [0.29, 0.717) is 13.0 Å². The van der Waals surface area contributed by atoms with Crippen LogP contribution in [0.5, 0.6) is 0 Å². The van der Waals surface area contributed by atoms with Gasteiger partial charge in [0.25, 0.3) is 0 Å². The van der Waals surface area contributed by atoms with E-state index < -0.39 is 0 Å². The third kappa shape index (κ3) is 0.892. The van der Waals surface area contributed by atoms with Crippen LogP contribution < -0.4 is 0 Å². The van der Waals surface area contributed by atoms with Crippen molar-refractivity contribution in [1.29, 1.82) is 0 Å². The topological polar surface area (TPSA) is 26.3 Å². The Morgan fingerprint density at radius 1 is 1.88 bits per heavy atom. The number of ether oxygens (including phenoxy) is 1. The summed E-state index contributed by atoms with van der Waals surface area (Å²) in [6.07, 6.45) is 1.38. The maximum atomic E-state index is 10.7. The molecule has 0 bridgehead atoms. The molecule has 8 heavy (non-hydrogen) atoms. The average Bonchev–Trinajstić information content (AvgIpc) is 2.14. The molecule has 0 N–H and O–H groups in total. The highest BCUT2D eigenvalue weighted by atomic mass is 16.5. The molecule has 0 saturated carbocycles. The van der Waals surface area contributed by atoms with E-state index in [-0.39, 0.29) is 11.9 Å². The first-order valence-corrected chi connectivity index (χ1v) is 2.99. The molecule has 46 valence electrons. The van der Waals surface area contributed by atoms with Gasteiger partial charge in [0.05, 0.1) is 6.61 Å². The zero-order valence-corrected chi connectivity index (χ0v) is 5.02. The minimum absolute atomic E-state index is 0.0741. The Morgan fingerprint density at radius 3 is 2.88 bits per heavy atom. The molecule has 0 aliphatic carbocycles. The lowest BCUT2D eigenvalue weighted by atomic mass is 10.2. The zero-order chi connectivity index (χ0) is 5.98. The van der Waals surface area contributed by atoms with Gasteiger partial charge >= 0.3 is 0 Å². The summed E-state index contributed by atoms with van der Waals surface area (Å²) in [4.78, 5) is 10.7. The SMILES string of the molecule is CCC1OCCC1=O. The maximum absolute atomic E-state index is 10.7. The van der Waals surface area contributed by atoms with Gasteiger partial charge in [-0.1, -0.05) is 6.92 Å². The molecule has 1 atom stereocenters. The fraction of sp³-hybridized carbons (Fsp3) is 0.833. The van der Waals surface area contributed by atoms with Crippen LogP contribution in [0.4, 0.5) is 0 Å². The Hall–Kier alpha value is -0.370. The zero-order valence-electron chi connectivity index (χ0n) is 5.02. The second kappa shape index (κ2) is 2.27. The predicted molar refractivity (Wildman–Crippen MR) is 29.7 cm³/mol. The van der Waals surface area contributed by atoms with E-state index in [4.69, 9.17) is 4.74 Å². The largest absolute Gasteiger partial charge is 0.370 e. The molecule has 0 spiro atoms. The van der Waals surface area contributed by atoms with Crippen LogP contribution in [0, 0.1) is 0 Å². The Bertz CT molecular complexity index is 98.7. The summed E-state index contributed by atoms with van der Waals surface area (Å²) in [6, 6.07) is 0. The summed E-state index contributed by atoms with van der Waals surface area (Å²) in [7, 11) is 0. The second-order valence-electron chi connectivity index (χ2n) is 1.98. The van der Waals surface area contributed by atoms with Crippen LogP contribution in [0.25, 0.3) is 0 Å². The monoisotopic (exact) mass is 114 g/mol. The Kier molecular flexibility index (Phi) is 1.63. The van der Waals surface area contributed by atoms with Crippen molar-refractivity contribution in [3.05, 3.63) is 0 Å². The first-order valence-electron chi connectivity index (χ1n) is 2.99. The molecule has 1 fully saturated rings. The van der Waals surface area contributed by atoms with E-state index in [1.54, 1.807) is 0 Å². The normalized spacial score (nSPS) is 29.1. The third-order valence-corrected chi connectivity index (χ3v) is 1.40. The summed E-state index contributed by atoms with van der Waals surface area (Å²) in [5.74, 6) is 0.271. The quantitative estimate of drug-likeness (QED) is 0.503. The Morgan fingerprint density at radius 2 is 2.62 bits per heavy atom. The van der Waals surface area contributed by atoms with Crippen molar-refractivity contribution >= 4 is 5.78 Å². The smallest absolute Gasteiger partial charge is 0.163 e. The highest BCUT2D eigenvalue weighted by Gasteiger charge is 2.22. The highest BCUT2D eigenvalue weighted by molar-refractivity contribution is 5.84. The molecule has 1 heterocycles. The van der Waals surface area contributed by atoms with Crippen LogP contribution in [0.2, 0.25) is 0 Å². The summed E-state index contributed by atoms with van der Waals surface area (Å²) in [5.41, 5.74) is 0. The molecule has 1 aliphatic heterocycles. The lowest BCUT2D eigenvalue weighted by Crippen LogP contribution is -2.12. The summed E-state index contributed by atoms with van der Waals surface area (Å²) in [5, 5.41) is 0. The number of carbonyl (C=O) groups is 1. The van der Waals surface area contributed by atoms with E-state index in [1.165, 1.54) is 0 Å². The van der Waals surface area contributed by atoms with Gasteiger partial charge in [0.2, 0.25) is 0 Å². The minimum atomic E-state index is -0.0741. The first kappa shape index (κ1) is 5.76. The number of Topliss-reactive ketones (excluding diaryl/α,β-unsaturated/α-hetero) is 1. The lowest BCUT2D eigenvalue weighted by Gasteiger charge is -2.00. The van der Waals surface area contributed by atoms with Crippen molar-refractivity contribution in [3.8, 4) is 0 Å². The van der Waals surface area contributed by atoms with Crippen LogP contribution in [0.3, 0.4) is 0 Å². The molecule has 0 aromatic heterocycles. The van der Waals surface area contributed by atoms with E-state index in [1.807, 2.05) is 6.92 Å². The summed E-state index contributed by atoms with van der Waals surface area (Å²) >= 11 is 0. The van der Waals surface area contributed by atoms with Crippen molar-refractivity contribution in [2.45, 2.75) is 25.9 Å². The molecule has 1 rings (SSSR count). The summed E-state index contributed by atoms with van der Waals surface area (Å²) < 4.78 is 5.06. The van der Waals surface area contributed by atoms with Gasteiger partial charge < -0.3 is 4.74 Å². The van der Waals surface area contributed by atoms with Gasteiger partial charge in [-0.3, -0.25) is 4.79 Å². The molecule has 1 saturated heterocycles. The Balaban J connectivity index is 2.42. The van der Waals surface area contributed by atoms with Crippen molar-refractivity contribution in [1.82, 2.24) is 0 Å². The predicted octanol–water partition coefficient (Wildman–Crippen LogP) is 0.754. The lowest BCUT2D eigenvalue weighted by molar-refractivity contribution is -0.122. The van der Waals surface area contributed by atoms with Gasteiger partial charge in [-0.2, -0.15) is 0 Å². The number of rotatable bonds is 1. The van der Waals surface area contributed by atoms with Gasteiger partial charge in [-0.25, -0.2) is 0 Å². The Labute approximate surface area is 48.8 Å². The van der Waals surface area contributed by atoms with Crippen molar-refractivity contribution < 1.29 is 9.53 Å². The molecular weight excluding hydrogens is 104 g/mol. The fourth-order valence-electron chi connectivity index (χ4n) is 0.901. The standard InChI is InChI=1S/C6H10O2/c1-2-6-5(7)3-4-8-6/h6H,2-4H2,1H3. The number of hydrogen-bond donors (Lipinski definition) is 0. The van der Waals surface area contributed by atoms with Crippen LogP contribution in [0.1, 0.15) is 19.8 Å². The van der Waals surface area contributed by atoms with E-state index in [0.717, 1.165) is 6.42 Å². The van der Waals surface area contributed by atoms with Crippen molar-refractivity contribution in [2.24, 2.45) is 0 Å². The van der Waals surface area contributed by atoms with Crippen molar-refractivity contribution in [3.63, 3.8) is 0 Å². The third-order valence-electron chi connectivity index (χ3n) is 1.40. The molecule has 0 radical (unpaired) electrons. The van der Waals surface area contributed by atoms with E-state index in [9.17, 15) is 4.79 Å². The number of hydrogen-bond acceptors (Lipinski definition) is 2. The van der Waals surface area contributed by atoms with Gasteiger partial charge in [0.1, 0.15) is 6.10 Å². The average molecular weight is 114 g/mol. The van der Waals surface area contributed by atoms with Gasteiger partial charge in [0.15, 0.2) is 5.78 Å². The van der Waals surface area contributed by atoms with E-state index in [2.05, 4.69) is 0 Å². The molecule has 1 unspecified atom stereocenters. The van der Waals surface area contributed by atoms with Gasteiger partial charge in [-0.15, -0.1) is 0 Å². The van der Waals surface area contributed by atoms with Gasteiger partial charge in [0, 0.05) is 6.42 Å². The minimum Gasteiger partial charge on any atom is -0.370 e. The van der Waals surface area contributed by atoms with Crippen LogP contribution in [-0.4, -0.2) is 18.5 Å².